The summed E-state index contributed by atoms with van der Waals surface area (Å²) in [4.78, 5) is 0. The molecule has 72 valence electrons. The number of halogens is 1. The van der Waals surface area contributed by atoms with Crippen molar-refractivity contribution in [2.75, 3.05) is 5.75 Å². The maximum Gasteiger partial charge on any atom is 0.234 e. The lowest BCUT2D eigenvalue weighted by molar-refractivity contribution is 0.588. The molecule has 12 heavy (non-hydrogen) atoms. The van der Waals surface area contributed by atoms with E-state index in [2.05, 4.69) is 12.2 Å². The summed E-state index contributed by atoms with van der Waals surface area (Å²) in [6.07, 6.45) is 2.53. The van der Waals surface area contributed by atoms with Gasteiger partial charge < -0.3 is 0 Å². The summed E-state index contributed by atoms with van der Waals surface area (Å²) in [7, 11) is -3.28. The van der Waals surface area contributed by atoms with Gasteiger partial charge in [-0.3, -0.25) is 4.72 Å². The lowest BCUT2D eigenvalue weighted by Gasteiger charge is -2.03. The first-order valence-electron chi connectivity index (χ1n) is 3.68. The molecule has 0 saturated carbocycles. The van der Waals surface area contributed by atoms with Crippen molar-refractivity contribution in [1.82, 2.24) is 4.72 Å². The van der Waals surface area contributed by atoms with Gasteiger partial charge in [0.15, 0.2) is 4.45 Å². The van der Waals surface area contributed by atoms with Crippen molar-refractivity contribution in [3.05, 3.63) is 0 Å². The fourth-order valence-electron chi connectivity index (χ4n) is 0.715. The molecule has 0 radical (unpaired) electrons. The monoisotopic (exact) mass is 229 g/mol. The fraction of sp³-hybridized carbons (Fsp3) is 0.833. The second-order valence-corrected chi connectivity index (χ2v) is 5.25. The van der Waals surface area contributed by atoms with Gasteiger partial charge in [0.05, 0.1) is 5.75 Å². The minimum atomic E-state index is -3.28. The quantitative estimate of drug-likeness (QED) is 0.337. The Hall–Kier alpha value is 0.130. The molecule has 0 aliphatic rings. The van der Waals surface area contributed by atoms with Crippen molar-refractivity contribution in [1.29, 1.82) is 0 Å². The molecule has 0 aliphatic carbocycles. The molecule has 0 atom stereocenters. The third kappa shape index (κ3) is 6.82. The van der Waals surface area contributed by atoms with E-state index in [0.29, 0.717) is 6.42 Å². The summed E-state index contributed by atoms with van der Waals surface area (Å²) < 4.78 is 23.9. The highest BCUT2D eigenvalue weighted by atomic mass is 35.5. The molecule has 3 nitrogen and oxygen atoms in total. The number of nitrogens with one attached hydrogen (secondary N) is 1. The maximum atomic E-state index is 11.0. The molecule has 0 amide bonds. The van der Waals surface area contributed by atoms with Crippen LogP contribution in [0, 0.1) is 0 Å². The Labute approximate surface area is 83.5 Å². The topological polar surface area (TPSA) is 46.2 Å². The summed E-state index contributed by atoms with van der Waals surface area (Å²) in [5.74, 6) is 0.0910. The molecule has 0 heterocycles. The van der Waals surface area contributed by atoms with E-state index in [0.717, 1.165) is 12.8 Å². The van der Waals surface area contributed by atoms with Gasteiger partial charge in [0.25, 0.3) is 0 Å². The molecule has 6 heteroatoms. The van der Waals surface area contributed by atoms with Crippen LogP contribution in [0.25, 0.3) is 0 Å². The van der Waals surface area contributed by atoms with Gasteiger partial charge in [-0.2, -0.15) is 0 Å². The van der Waals surface area contributed by atoms with Crippen LogP contribution in [-0.2, 0) is 10.0 Å². The highest BCUT2D eigenvalue weighted by Gasteiger charge is 2.09. The molecular weight excluding hydrogens is 218 g/mol. The van der Waals surface area contributed by atoms with Gasteiger partial charge in [-0.1, -0.05) is 31.4 Å². The van der Waals surface area contributed by atoms with E-state index in [-0.39, 0.29) is 10.2 Å². The van der Waals surface area contributed by atoms with Crippen LogP contribution >= 0.6 is 23.8 Å². The van der Waals surface area contributed by atoms with E-state index in [9.17, 15) is 8.42 Å². The molecule has 0 aliphatic heterocycles. The second kappa shape index (κ2) is 5.72. The van der Waals surface area contributed by atoms with Gasteiger partial charge in [0, 0.05) is 0 Å². The Kier molecular flexibility index (Phi) is 5.78. The molecule has 0 aromatic carbocycles. The maximum absolute atomic E-state index is 11.0. The number of hydrogen-bond acceptors (Lipinski definition) is 3. The van der Waals surface area contributed by atoms with Gasteiger partial charge in [-0.05, 0) is 18.6 Å². The van der Waals surface area contributed by atoms with Gasteiger partial charge in [-0.25, -0.2) is 8.42 Å². The van der Waals surface area contributed by atoms with Crippen molar-refractivity contribution in [3.63, 3.8) is 0 Å². The molecular formula is C6H12ClNO2S2. The molecule has 0 fully saturated rings. The number of sulfonamides is 1. The van der Waals surface area contributed by atoms with Gasteiger partial charge in [0.2, 0.25) is 10.0 Å². The highest BCUT2D eigenvalue weighted by Crippen LogP contribution is 1.98. The smallest absolute Gasteiger partial charge is 0.234 e. The highest BCUT2D eigenvalue weighted by molar-refractivity contribution is 7.92. The van der Waals surface area contributed by atoms with Gasteiger partial charge in [0.1, 0.15) is 0 Å². The standard InChI is InChI=1S/C6H12ClNO2S2/c1-2-3-4-5-12(9,10)8-6(7)11/h2-5H2,1H3,(H,8,11). The number of hydrogen-bond donors (Lipinski definition) is 1. The van der Waals surface area contributed by atoms with Crippen LogP contribution in [0.4, 0.5) is 0 Å². The van der Waals surface area contributed by atoms with Crippen LogP contribution in [0.5, 0.6) is 0 Å². The van der Waals surface area contributed by atoms with Crippen molar-refractivity contribution < 1.29 is 8.42 Å². The predicted molar refractivity (Wildman–Crippen MR) is 54.9 cm³/mol. The van der Waals surface area contributed by atoms with Crippen molar-refractivity contribution in [2.24, 2.45) is 0 Å². The normalized spacial score (nSPS) is 11.2. The van der Waals surface area contributed by atoms with Gasteiger partial charge >= 0.3 is 0 Å². The van der Waals surface area contributed by atoms with E-state index >= 15 is 0 Å². The van der Waals surface area contributed by atoms with E-state index < -0.39 is 10.0 Å². The number of unbranched alkanes of at least 4 members (excludes halogenated alkanes) is 2. The molecule has 0 saturated heterocycles. The Morgan fingerprint density at radius 3 is 2.50 bits per heavy atom. The number of thiocarbonyl (C=S) groups is 1. The molecule has 1 N–H and O–H groups in total. The zero-order valence-corrected chi connectivity index (χ0v) is 9.23. The van der Waals surface area contributed by atoms with Crippen molar-refractivity contribution >= 4 is 38.3 Å². The molecule has 0 rings (SSSR count). The van der Waals surface area contributed by atoms with Crippen molar-refractivity contribution in [2.45, 2.75) is 26.2 Å². The van der Waals surface area contributed by atoms with Crippen LogP contribution in [0.15, 0.2) is 0 Å². The van der Waals surface area contributed by atoms with E-state index in [1.54, 1.807) is 0 Å². The second-order valence-electron chi connectivity index (χ2n) is 2.40. The average molecular weight is 230 g/mol. The molecule has 0 spiro atoms. The van der Waals surface area contributed by atoms with Crippen LogP contribution < -0.4 is 4.72 Å². The summed E-state index contributed by atoms with van der Waals surface area (Å²) >= 11 is 9.61. The summed E-state index contributed by atoms with van der Waals surface area (Å²) in [6.45, 7) is 2.01. The first-order valence-corrected chi connectivity index (χ1v) is 6.11. The Bertz CT molecular complexity index is 238. The lowest BCUT2D eigenvalue weighted by atomic mass is 10.3. The Morgan fingerprint density at radius 2 is 2.08 bits per heavy atom. The summed E-state index contributed by atoms with van der Waals surface area (Å²) in [5.41, 5.74) is 0. The average Bonchev–Trinajstić information content (AvgIpc) is 1.84. The summed E-state index contributed by atoms with van der Waals surface area (Å²) in [5, 5.41) is 0. The Balaban J connectivity index is 3.81. The van der Waals surface area contributed by atoms with E-state index in [4.69, 9.17) is 11.6 Å². The predicted octanol–water partition coefficient (Wildman–Crippen LogP) is 1.62. The van der Waals surface area contributed by atoms with Crippen LogP contribution in [0.2, 0.25) is 0 Å². The molecule has 0 bridgehead atoms. The van der Waals surface area contributed by atoms with Crippen molar-refractivity contribution in [3.8, 4) is 0 Å². The van der Waals surface area contributed by atoms with E-state index in [1.165, 1.54) is 0 Å². The summed E-state index contributed by atoms with van der Waals surface area (Å²) in [6, 6.07) is 0. The largest absolute Gasteiger partial charge is 0.264 e. The minimum Gasteiger partial charge on any atom is -0.264 e. The van der Waals surface area contributed by atoms with Crippen LogP contribution in [-0.4, -0.2) is 18.6 Å². The zero-order chi connectivity index (χ0) is 9.61. The first-order chi connectivity index (χ1) is 5.48. The molecule has 0 aromatic heterocycles. The van der Waals surface area contributed by atoms with Gasteiger partial charge in [-0.15, -0.1) is 0 Å². The Morgan fingerprint density at radius 1 is 1.50 bits per heavy atom. The first kappa shape index (κ1) is 12.1. The molecule has 0 unspecified atom stereocenters. The van der Waals surface area contributed by atoms with Crippen LogP contribution in [0.1, 0.15) is 26.2 Å². The lowest BCUT2D eigenvalue weighted by Crippen LogP contribution is -2.28. The van der Waals surface area contributed by atoms with Crippen LogP contribution in [0.3, 0.4) is 0 Å². The molecule has 0 aromatic rings. The minimum absolute atomic E-state index is 0.0910. The third-order valence-corrected chi connectivity index (χ3v) is 3.03. The number of rotatable bonds is 5. The third-order valence-electron chi connectivity index (χ3n) is 1.25. The SMILES string of the molecule is CCCCCS(=O)(=O)NC(=S)Cl. The zero-order valence-electron chi connectivity index (χ0n) is 6.84. The fourth-order valence-corrected chi connectivity index (χ4v) is 2.38. The van der Waals surface area contributed by atoms with E-state index in [1.807, 2.05) is 11.6 Å².